The Morgan fingerprint density at radius 3 is 2.88 bits per heavy atom. The summed E-state index contributed by atoms with van der Waals surface area (Å²) in [6, 6.07) is 1.36. The smallest absolute Gasteiger partial charge is 0.336 e. The van der Waals surface area contributed by atoms with E-state index in [1.807, 2.05) is 0 Å². The number of hydrogen-bond donors (Lipinski definition) is 1. The van der Waals surface area contributed by atoms with Gasteiger partial charge in [-0.15, -0.1) is 0 Å². The van der Waals surface area contributed by atoms with Gasteiger partial charge in [0.1, 0.15) is 5.76 Å². The maximum absolute atomic E-state index is 11.2. The van der Waals surface area contributed by atoms with E-state index in [2.05, 4.69) is 0 Å². The molecule has 0 unspecified atom stereocenters. The normalized spacial score (nSPS) is 14.6. The van der Waals surface area contributed by atoms with Gasteiger partial charge in [-0.2, -0.15) is 0 Å². The highest BCUT2D eigenvalue weighted by Gasteiger charge is 2.10. The number of fused-ring (bicyclic) bond motifs is 1. The van der Waals surface area contributed by atoms with Gasteiger partial charge in [-0.1, -0.05) is 6.08 Å². The number of allylic oxidation sites excluding steroid dienone is 2. The fourth-order valence-electron chi connectivity index (χ4n) is 1.70. The van der Waals surface area contributed by atoms with Gasteiger partial charge in [-0.05, 0) is 25.0 Å². The van der Waals surface area contributed by atoms with Gasteiger partial charge in [-0.25, -0.2) is 4.79 Å². The van der Waals surface area contributed by atoms with Crippen molar-refractivity contribution in [2.45, 2.75) is 13.3 Å². The number of hydrogen-bond acceptors (Lipinski definition) is 4. The molecule has 1 aliphatic carbocycles. The van der Waals surface area contributed by atoms with Gasteiger partial charge in [0.15, 0.2) is 11.7 Å². The van der Waals surface area contributed by atoms with Crippen molar-refractivity contribution in [3.8, 4) is 0 Å². The van der Waals surface area contributed by atoms with Crippen molar-refractivity contribution in [2.75, 3.05) is 0 Å². The molecular formula is C12H10O4. The number of aliphatic hydroxyl groups is 1. The van der Waals surface area contributed by atoms with Crippen LogP contribution in [0.2, 0.25) is 0 Å². The Labute approximate surface area is 90.8 Å². The van der Waals surface area contributed by atoms with Crippen LogP contribution >= 0.6 is 0 Å². The summed E-state index contributed by atoms with van der Waals surface area (Å²) in [6.45, 7) is 1.76. The van der Waals surface area contributed by atoms with Crippen molar-refractivity contribution in [3.63, 3.8) is 0 Å². The lowest BCUT2D eigenvalue weighted by atomic mass is 10.2. The second kappa shape index (κ2) is 3.81. The summed E-state index contributed by atoms with van der Waals surface area (Å²) in [4.78, 5) is 22.1. The van der Waals surface area contributed by atoms with E-state index in [-0.39, 0.29) is 16.7 Å². The molecule has 1 heterocycles. The zero-order chi connectivity index (χ0) is 11.7. The van der Waals surface area contributed by atoms with E-state index < -0.39 is 5.63 Å². The number of aryl methyl sites for hydroxylation is 1. The first-order valence-electron chi connectivity index (χ1n) is 4.83. The van der Waals surface area contributed by atoms with Crippen molar-refractivity contribution < 1.29 is 14.3 Å². The Kier molecular flexibility index (Phi) is 2.48. The first-order valence-corrected chi connectivity index (χ1v) is 4.83. The van der Waals surface area contributed by atoms with Crippen LogP contribution in [0.5, 0.6) is 0 Å². The lowest BCUT2D eigenvalue weighted by Crippen LogP contribution is -2.33. The Hall–Kier alpha value is -2.10. The molecule has 0 aromatic carbocycles. The van der Waals surface area contributed by atoms with E-state index in [0.29, 0.717) is 17.9 Å². The summed E-state index contributed by atoms with van der Waals surface area (Å²) in [5, 5.41) is 10.3. The van der Waals surface area contributed by atoms with E-state index in [1.165, 1.54) is 12.1 Å². The van der Waals surface area contributed by atoms with E-state index in [0.717, 1.165) is 5.56 Å². The zero-order valence-electron chi connectivity index (χ0n) is 8.69. The monoisotopic (exact) mass is 218 g/mol. The lowest BCUT2D eigenvalue weighted by molar-refractivity contribution is -0.103. The molecule has 0 spiro atoms. The Balaban J connectivity index is 3.06. The van der Waals surface area contributed by atoms with Gasteiger partial charge >= 0.3 is 5.63 Å². The third kappa shape index (κ3) is 1.58. The maximum atomic E-state index is 11.2. The van der Waals surface area contributed by atoms with Crippen molar-refractivity contribution in [1.82, 2.24) is 0 Å². The van der Waals surface area contributed by atoms with Gasteiger partial charge in [0, 0.05) is 11.3 Å². The van der Waals surface area contributed by atoms with Crippen LogP contribution in [0.25, 0.3) is 11.6 Å². The van der Waals surface area contributed by atoms with Crippen LogP contribution in [0.15, 0.2) is 27.1 Å². The van der Waals surface area contributed by atoms with Gasteiger partial charge in [-0.3, -0.25) is 4.79 Å². The number of carbonyl (C=O) groups is 1. The fraction of sp³-hybridized carbons (Fsp3) is 0.167. The van der Waals surface area contributed by atoms with E-state index in [9.17, 15) is 14.7 Å². The molecule has 1 aromatic heterocycles. The molecule has 0 atom stereocenters. The van der Waals surface area contributed by atoms with Gasteiger partial charge in [0.2, 0.25) is 0 Å². The zero-order valence-corrected chi connectivity index (χ0v) is 8.69. The predicted octanol–water partition coefficient (Wildman–Crippen LogP) is -0.0761. The van der Waals surface area contributed by atoms with Crippen LogP contribution in [-0.2, 0) is 4.79 Å². The van der Waals surface area contributed by atoms with Crippen LogP contribution in [0, 0.1) is 6.92 Å². The highest BCUT2D eigenvalue weighted by Crippen LogP contribution is 2.06. The highest BCUT2D eigenvalue weighted by atomic mass is 16.4. The van der Waals surface area contributed by atoms with Crippen LogP contribution in [-0.4, -0.2) is 11.4 Å². The molecule has 0 aliphatic heterocycles. The Morgan fingerprint density at radius 2 is 2.19 bits per heavy atom. The molecule has 0 amide bonds. The SMILES string of the molecule is Cc1cc(=O)oc2c1=CCC=C(O)C=2C=O. The summed E-state index contributed by atoms with van der Waals surface area (Å²) in [5.41, 5.74) is 0.364. The fourth-order valence-corrected chi connectivity index (χ4v) is 1.70. The van der Waals surface area contributed by atoms with Gasteiger partial charge < -0.3 is 9.52 Å². The molecule has 0 bridgehead atoms. The maximum Gasteiger partial charge on any atom is 0.336 e. The average molecular weight is 218 g/mol. The van der Waals surface area contributed by atoms with E-state index in [4.69, 9.17) is 4.42 Å². The number of aliphatic hydroxyl groups excluding tert-OH is 1. The highest BCUT2D eigenvalue weighted by molar-refractivity contribution is 6.04. The summed E-state index contributed by atoms with van der Waals surface area (Å²) >= 11 is 0. The van der Waals surface area contributed by atoms with Crippen molar-refractivity contribution in [2.24, 2.45) is 0 Å². The molecule has 4 heteroatoms. The molecule has 0 fully saturated rings. The summed E-state index contributed by atoms with van der Waals surface area (Å²) in [7, 11) is 0. The molecule has 2 rings (SSSR count). The van der Waals surface area contributed by atoms with Crippen molar-refractivity contribution >= 4 is 17.9 Å². The van der Waals surface area contributed by atoms with Crippen LogP contribution in [0.3, 0.4) is 0 Å². The first kappa shape index (κ1) is 10.4. The molecule has 82 valence electrons. The molecule has 16 heavy (non-hydrogen) atoms. The molecule has 0 saturated carbocycles. The molecule has 1 N–H and O–H groups in total. The van der Waals surface area contributed by atoms with E-state index >= 15 is 0 Å². The average Bonchev–Trinajstić information content (AvgIpc) is 2.37. The van der Waals surface area contributed by atoms with Gasteiger partial charge in [0.25, 0.3) is 0 Å². The topological polar surface area (TPSA) is 67.5 Å². The minimum atomic E-state index is -0.529. The van der Waals surface area contributed by atoms with E-state index in [1.54, 1.807) is 13.0 Å². The quantitative estimate of drug-likeness (QED) is 0.670. The number of carbonyl (C=O) groups excluding carboxylic acids is 1. The Morgan fingerprint density at radius 1 is 1.44 bits per heavy atom. The van der Waals surface area contributed by atoms with Gasteiger partial charge in [0.05, 0.1) is 5.57 Å². The summed E-state index contributed by atoms with van der Waals surface area (Å²) < 4.78 is 4.98. The second-order valence-electron chi connectivity index (χ2n) is 3.55. The first-order chi connectivity index (χ1) is 7.63. The van der Waals surface area contributed by atoms with Crippen LogP contribution < -0.4 is 16.3 Å². The number of aldehydes is 1. The minimum absolute atomic E-state index is 0.0181. The third-order valence-electron chi connectivity index (χ3n) is 2.48. The predicted molar refractivity (Wildman–Crippen MR) is 58.2 cm³/mol. The lowest BCUT2D eigenvalue weighted by Gasteiger charge is -1.97. The van der Waals surface area contributed by atoms with Crippen LogP contribution in [0.1, 0.15) is 12.0 Å². The molecule has 1 aromatic rings. The third-order valence-corrected chi connectivity index (χ3v) is 2.48. The minimum Gasteiger partial charge on any atom is -0.507 e. The molecular weight excluding hydrogens is 208 g/mol. The Bertz CT molecular complexity index is 647. The van der Waals surface area contributed by atoms with Crippen LogP contribution in [0.4, 0.5) is 0 Å². The summed E-state index contributed by atoms with van der Waals surface area (Å²) in [5.74, 6) is -0.154. The summed E-state index contributed by atoms with van der Waals surface area (Å²) in [6.07, 6.45) is 4.29. The van der Waals surface area contributed by atoms with Crippen molar-refractivity contribution in [3.05, 3.63) is 44.5 Å². The largest absolute Gasteiger partial charge is 0.507 e. The molecule has 0 radical (unpaired) electrons. The molecule has 4 nitrogen and oxygen atoms in total. The molecule has 0 saturated heterocycles. The molecule has 1 aliphatic rings. The number of rotatable bonds is 1. The standard InChI is InChI=1S/C12H10O4/c1-7-5-11(15)16-12-8(7)3-2-4-10(14)9(12)6-13/h3-6,14H,2H2,1H3. The van der Waals surface area contributed by atoms with Crippen molar-refractivity contribution in [1.29, 1.82) is 0 Å². The second-order valence-corrected chi connectivity index (χ2v) is 3.55.